The molecule has 0 bridgehead atoms. The maximum Gasteiger partial charge on any atom is 0.139 e. The number of aryl methyl sites for hydroxylation is 1. The van der Waals surface area contributed by atoms with Crippen molar-refractivity contribution in [3.63, 3.8) is 0 Å². The van der Waals surface area contributed by atoms with Crippen molar-refractivity contribution < 1.29 is 5.11 Å². The first-order chi connectivity index (χ1) is 10.3. The summed E-state index contributed by atoms with van der Waals surface area (Å²) >= 11 is 0. The van der Waals surface area contributed by atoms with E-state index in [9.17, 15) is 5.11 Å². The minimum absolute atomic E-state index is 0.0795. The third-order valence-corrected chi connectivity index (χ3v) is 3.47. The second kappa shape index (κ2) is 5.05. The number of hydrogen-bond donors (Lipinski definition) is 2. The zero-order valence-electron chi connectivity index (χ0n) is 13.4. The van der Waals surface area contributed by atoms with E-state index in [-0.39, 0.29) is 11.3 Å². The van der Waals surface area contributed by atoms with Crippen molar-refractivity contribution in [3.8, 4) is 17.0 Å². The van der Waals surface area contributed by atoms with E-state index < -0.39 is 0 Å². The molecule has 0 fully saturated rings. The van der Waals surface area contributed by atoms with Gasteiger partial charge in [-0.05, 0) is 64.1 Å². The van der Waals surface area contributed by atoms with Crippen molar-refractivity contribution >= 4 is 11.5 Å². The molecule has 0 unspecified atom stereocenters. The van der Waals surface area contributed by atoms with Gasteiger partial charge >= 0.3 is 0 Å². The lowest BCUT2D eigenvalue weighted by atomic mass is 10.1. The van der Waals surface area contributed by atoms with Gasteiger partial charge in [-0.2, -0.15) is 0 Å². The van der Waals surface area contributed by atoms with Crippen molar-refractivity contribution in [3.05, 3.63) is 48.2 Å². The normalized spacial score (nSPS) is 11.8. The molecule has 1 aromatic carbocycles. The predicted molar refractivity (Wildman–Crippen MR) is 90.4 cm³/mol. The molecule has 0 saturated heterocycles. The molecule has 4 heteroatoms. The van der Waals surface area contributed by atoms with Gasteiger partial charge < -0.3 is 10.4 Å². The third-order valence-electron chi connectivity index (χ3n) is 3.47. The van der Waals surface area contributed by atoms with E-state index in [1.54, 1.807) is 12.1 Å². The first-order valence-corrected chi connectivity index (χ1v) is 7.41. The van der Waals surface area contributed by atoms with E-state index in [0.29, 0.717) is 0 Å². The quantitative estimate of drug-likeness (QED) is 0.744. The number of pyridine rings is 1. The summed E-state index contributed by atoms with van der Waals surface area (Å²) in [5.74, 6) is 1.24. The Hall–Kier alpha value is -2.49. The Labute approximate surface area is 130 Å². The van der Waals surface area contributed by atoms with Gasteiger partial charge in [0, 0.05) is 16.8 Å². The smallest absolute Gasteiger partial charge is 0.139 e. The molecule has 22 heavy (non-hydrogen) atoms. The van der Waals surface area contributed by atoms with Gasteiger partial charge in [-0.1, -0.05) is 6.07 Å². The number of anilines is 1. The number of fused-ring (bicyclic) bond motifs is 1. The molecular formula is C18H21N3O. The summed E-state index contributed by atoms with van der Waals surface area (Å²) in [7, 11) is 0. The highest BCUT2D eigenvalue weighted by Crippen LogP contribution is 2.32. The van der Waals surface area contributed by atoms with Crippen LogP contribution < -0.4 is 5.32 Å². The SMILES string of the molecule is Cc1cccc2nc(-c3ccc(O)cc3)c(NC(C)(C)C)n12. The average molecular weight is 295 g/mol. The lowest BCUT2D eigenvalue weighted by molar-refractivity contribution is 0.475. The molecule has 4 nitrogen and oxygen atoms in total. The number of aromatic hydroxyl groups is 1. The zero-order chi connectivity index (χ0) is 15.9. The molecule has 0 aliphatic rings. The number of benzene rings is 1. The first-order valence-electron chi connectivity index (χ1n) is 7.41. The van der Waals surface area contributed by atoms with Crippen molar-refractivity contribution in [2.75, 3.05) is 5.32 Å². The van der Waals surface area contributed by atoms with Crippen LogP contribution in [0.5, 0.6) is 5.75 Å². The Balaban J connectivity index is 2.26. The van der Waals surface area contributed by atoms with Gasteiger partial charge in [0.2, 0.25) is 0 Å². The molecule has 0 radical (unpaired) electrons. The highest BCUT2D eigenvalue weighted by molar-refractivity contribution is 5.77. The van der Waals surface area contributed by atoms with Crippen molar-refractivity contribution in [2.45, 2.75) is 33.2 Å². The van der Waals surface area contributed by atoms with Gasteiger partial charge in [-0.15, -0.1) is 0 Å². The molecule has 114 valence electrons. The molecule has 0 spiro atoms. The van der Waals surface area contributed by atoms with Crippen molar-refractivity contribution in [1.29, 1.82) is 0 Å². The van der Waals surface area contributed by atoms with Crippen LogP contribution in [0.3, 0.4) is 0 Å². The lowest BCUT2D eigenvalue weighted by Crippen LogP contribution is -2.27. The summed E-state index contributed by atoms with van der Waals surface area (Å²) in [5.41, 5.74) is 3.83. The maximum atomic E-state index is 9.50. The molecule has 2 aromatic heterocycles. The number of phenolic OH excluding ortho intramolecular Hbond substituents is 1. The summed E-state index contributed by atoms with van der Waals surface area (Å²) in [6, 6.07) is 13.2. The molecule has 3 aromatic rings. The van der Waals surface area contributed by atoms with Crippen LogP contribution in [-0.4, -0.2) is 20.0 Å². The second-order valence-electron chi connectivity index (χ2n) is 6.59. The summed E-state index contributed by atoms with van der Waals surface area (Å²) < 4.78 is 2.13. The van der Waals surface area contributed by atoms with Crippen molar-refractivity contribution in [1.82, 2.24) is 9.38 Å². The molecule has 0 aliphatic carbocycles. The van der Waals surface area contributed by atoms with Crippen LogP contribution in [0.2, 0.25) is 0 Å². The zero-order valence-corrected chi connectivity index (χ0v) is 13.4. The van der Waals surface area contributed by atoms with Gasteiger partial charge in [0.1, 0.15) is 22.9 Å². The van der Waals surface area contributed by atoms with E-state index in [0.717, 1.165) is 28.4 Å². The van der Waals surface area contributed by atoms with Crippen LogP contribution in [0.25, 0.3) is 16.9 Å². The van der Waals surface area contributed by atoms with E-state index >= 15 is 0 Å². The van der Waals surface area contributed by atoms with Crippen LogP contribution in [0, 0.1) is 6.92 Å². The van der Waals surface area contributed by atoms with E-state index in [2.05, 4.69) is 43.5 Å². The van der Waals surface area contributed by atoms with Crippen LogP contribution >= 0.6 is 0 Å². The fraction of sp³-hybridized carbons (Fsp3) is 0.278. The minimum atomic E-state index is -0.0795. The molecule has 2 N–H and O–H groups in total. The second-order valence-corrected chi connectivity index (χ2v) is 6.59. The fourth-order valence-electron chi connectivity index (χ4n) is 2.55. The van der Waals surface area contributed by atoms with E-state index in [1.165, 1.54) is 0 Å². The largest absolute Gasteiger partial charge is 0.508 e. The lowest BCUT2D eigenvalue weighted by Gasteiger charge is -2.23. The summed E-state index contributed by atoms with van der Waals surface area (Å²) in [5, 5.41) is 13.1. The van der Waals surface area contributed by atoms with E-state index in [1.807, 2.05) is 24.3 Å². The van der Waals surface area contributed by atoms with Crippen LogP contribution in [0.1, 0.15) is 26.5 Å². The summed E-state index contributed by atoms with van der Waals surface area (Å²) in [6.07, 6.45) is 0. The highest BCUT2D eigenvalue weighted by atomic mass is 16.3. The number of aromatic nitrogens is 2. The highest BCUT2D eigenvalue weighted by Gasteiger charge is 2.19. The molecule has 0 saturated carbocycles. The molecule has 0 aliphatic heterocycles. The van der Waals surface area contributed by atoms with Gasteiger partial charge in [0.25, 0.3) is 0 Å². The van der Waals surface area contributed by atoms with Gasteiger partial charge in [-0.3, -0.25) is 4.40 Å². The van der Waals surface area contributed by atoms with Crippen LogP contribution in [0.4, 0.5) is 5.82 Å². The number of rotatable bonds is 2. The average Bonchev–Trinajstić information content (AvgIpc) is 2.78. The molecular weight excluding hydrogens is 274 g/mol. The minimum Gasteiger partial charge on any atom is -0.508 e. The first kappa shape index (κ1) is 14.4. The Kier molecular flexibility index (Phi) is 3.32. The van der Waals surface area contributed by atoms with Gasteiger partial charge in [0.05, 0.1) is 0 Å². The Morgan fingerprint density at radius 3 is 2.36 bits per heavy atom. The summed E-state index contributed by atoms with van der Waals surface area (Å²) in [6.45, 7) is 8.46. The molecule has 0 amide bonds. The number of phenols is 1. The van der Waals surface area contributed by atoms with Crippen LogP contribution in [0.15, 0.2) is 42.5 Å². The van der Waals surface area contributed by atoms with Crippen molar-refractivity contribution in [2.24, 2.45) is 0 Å². The van der Waals surface area contributed by atoms with Crippen LogP contribution in [-0.2, 0) is 0 Å². The number of hydrogen-bond acceptors (Lipinski definition) is 3. The standard InChI is InChI=1S/C18H21N3O/c1-12-6-5-7-15-19-16(13-8-10-14(22)11-9-13)17(21(12)15)20-18(2,3)4/h5-11,20,22H,1-4H3. The number of nitrogens with one attached hydrogen (secondary N) is 1. The monoisotopic (exact) mass is 295 g/mol. The topological polar surface area (TPSA) is 49.6 Å². The van der Waals surface area contributed by atoms with Gasteiger partial charge in [0.15, 0.2) is 0 Å². The molecule has 0 atom stereocenters. The fourth-order valence-corrected chi connectivity index (χ4v) is 2.55. The number of nitrogens with zero attached hydrogens (tertiary/aromatic N) is 2. The maximum absolute atomic E-state index is 9.50. The summed E-state index contributed by atoms with van der Waals surface area (Å²) in [4.78, 5) is 4.78. The predicted octanol–water partition coefficient (Wildman–Crippen LogP) is 4.23. The molecule has 2 heterocycles. The van der Waals surface area contributed by atoms with E-state index in [4.69, 9.17) is 4.98 Å². The number of imidazole rings is 1. The molecule has 3 rings (SSSR count). The third kappa shape index (κ3) is 2.64. The Morgan fingerprint density at radius 1 is 1.05 bits per heavy atom. The van der Waals surface area contributed by atoms with Gasteiger partial charge in [-0.25, -0.2) is 4.98 Å². The Bertz CT molecular complexity index is 811. The Morgan fingerprint density at radius 2 is 1.73 bits per heavy atom.